The van der Waals surface area contributed by atoms with E-state index < -0.39 is 0 Å². The molecule has 5 nitrogen and oxygen atoms in total. The Labute approximate surface area is 125 Å². The van der Waals surface area contributed by atoms with Gasteiger partial charge in [0.25, 0.3) is 5.91 Å². The van der Waals surface area contributed by atoms with Crippen molar-refractivity contribution in [3.8, 4) is 6.07 Å². The molecule has 2 rings (SSSR count). The minimum Gasteiger partial charge on any atom is -0.345 e. The van der Waals surface area contributed by atoms with Crippen molar-refractivity contribution < 1.29 is 4.79 Å². The van der Waals surface area contributed by atoms with E-state index in [-0.39, 0.29) is 11.5 Å². The molecule has 1 aromatic rings. The van der Waals surface area contributed by atoms with Gasteiger partial charge in [-0.1, -0.05) is 13.0 Å². The molecule has 0 bridgehead atoms. The van der Waals surface area contributed by atoms with E-state index >= 15 is 0 Å². The molecule has 1 N–H and O–H groups in total. The first kappa shape index (κ1) is 15.0. The summed E-state index contributed by atoms with van der Waals surface area (Å²) in [6, 6.07) is 5.70. The van der Waals surface area contributed by atoms with Gasteiger partial charge in [-0.3, -0.25) is 4.79 Å². The number of nitriles is 1. The number of pyridine rings is 1. The van der Waals surface area contributed by atoms with Gasteiger partial charge in [0.1, 0.15) is 17.5 Å². The summed E-state index contributed by atoms with van der Waals surface area (Å²) in [5.41, 5.74) is 1.18. The molecule has 0 aromatic carbocycles. The van der Waals surface area contributed by atoms with Gasteiger partial charge in [0.2, 0.25) is 0 Å². The summed E-state index contributed by atoms with van der Waals surface area (Å²) >= 11 is 0. The van der Waals surface area contributed by atoms with Crippen LogP contribution in [0.3, 0.4) is 0 Å². The lowest BCUT2D eigenvalue weighted by Crippen LogP contribution is -2.38. The highest BCUT2D eigenvalue weighted by atomic mass is 16.2. The van der Waals surface area contributed by atoms with Crippen LogP contribution in [0.2, 0.25) is 0 Å². The van der Waals surface area contributed by atoms with Crippen molar-refractivity contribution >= 4 is 11.7 Å². The molecule has 1 amide bonds. The number of carbonyl (C=O) groups is 1. The summed E-state index contributed by atoms with van der Waals surface area (Å²) in [7, 11) is 0. The quantitative estimate of drug-likeness (QED) is 0.684. The highest BCUT2D eigenvalue weighted by Crippen LogP contribution is 2.17. The van der Waals surface area contributed by atoms with Gasteiger partial charge in [-0.2, -0.15) is 5.26 Å². The fraction of sp³-hybridized carbons (Fsp3) is 0.438. The molecule has 1 aliphatic heterocycles. The van der Waals surface area contributed by atoms with Crippen molar-refractivity contribution in [1.82, 2.24) is 9.88 Å². The number of hydrogen-bond acceptors (Lipinski definition) is 4. The van der Waals surface area contributed by atoms with Crippen LogP contribution in [0.5, 0.6) is 0 Å². The number of amides is 1. The van der Waals surface area contributed by atoms with Gasteiger partial charge in [-0.05, 0) is 37.3 Å². The Balaban J connectivity index is 2.01. The highest BCUT2D eigenvalue weighted by Gasteiger charge is 2.22. The first-order chi connectivity index (χ1) is 10.1. The predicted molar refractivity (Wildman–Crippen MR) is 81.3 cm³/mol. The van der Waals surface area contributed by atoms with E-state index in [9.17, 15) is 10.1 Å². The average molecular weight is 284 g/mol. The number of anilines is 1. The number of aryl methyl sites for hydroxylation is 1. The second-order valence-electron chi connectivity index (χ2n) is 5.51. The molecule has 1 aliphatic rings. The molecule has 2 heterocycles. The van der Waals surface area contributed by atoms with Gasteiger partial charge >= 0.3 is 0 Å². The molecule has 0 saturated carbocycles. The fourth-order valence-electron chi connectivity index (χ4n) is 2.22. The Morgan fingerprint density at radius 1 is 1.48 bits per heavy atom. The lowest BCUT2D eigenvalue weighted by Gasteiger charge is -2.30. The Morgan fingerprint density at radius 3 is 2.76 bits per heavy atom. The number of nitrogens with zero attached hydrogens (tertiary/aromatic N) is 3. The maximum absolute atomic E-state index is 12.3. The van der Waals surface area contributed by atoms with E-state index in [1.165, 1.54) is 6.20 Å². The lowest BCUT2D eigenvalue weighted by molar-refractivity contribution is -0.128. The van der Waals surface area contributed by atoms with Crippen molar-refractivity contribution in [2.75, 3.05) is 18.4 Å². The highest BCUT2D eigenvalue weighted by molar-refractivity contribution is 5.97. The SMILES string of the molecule is Cc1ccc(N/C=C(/C#N)C(=O)N2CCC(C)CC2)nc1. The maximum atomic E-state index is 12.3. The van der Waals surface area contributed by atoms with Gasteiger partial charge < -0.3 is 10.2 Å². The summed E-state index contributed by atoms with van der Waals surface area (Å²) in [4.78, 5) is 18.2. The van der Waals surface area contributed by atoms with Gasteiger partial charge in [-0.15, -0.1) is 0 Å². The molecule has 0 aliphatic carbocycles. The third-order valence-corrected chi connectivity index (χ3v) is 3.70. The van der Waals surface area contributed by atoms with Crippen LogP contribution in [0.4, 0.5) is 5.82 Å². The monoisotopic (exact) mass is 284 g/mol. The minimum absolute atomic E-state index is 0.118. The van der Waals surface area contributed by atoms with Gasteiger partial charge in [-0.25, -0.2) is 4.98 Å². The van der Waals surface area contributed by atoms with Crippen molar-refractivity contribution in [3.05, 3.63) is 35.7 Å². The molecule has 0 unspecified atom stereocenters. The van der Waals surface area contributed by atoms with Crippen molar-refractivity contribution in [3.63, 3.8) is 0 Å². The van der Waals surface area contributed by atoms with E-state index in [4.69, 9.17) is 0 Å². The third-order valence-electron chi connectivity index (χ3n) is 3.70. The van der Waals surface area contributed by atoms with E-state index in [0.29, 0.717) is 11.7 Å². The zero-order chi connectivity index (χ0) is 15.2. The number of nitrogens with one attached hydrogen (secondary N) is 1. The average Bonchev–Trinajstić information content (AvgIpc) is 2.50. The summed E-state index contributed by atoms with van der Waals surface area (Å²) in [5, 5.41) is 12.1. The molecule has 1 fully saturated rings. The lowest BCUT2D eigenvalue weighted by atomic mass is 9.99. The summed E-state index contributed by atoms with van der Waals surface area (Å²) < 4.78 is 0. The van der Waals surface area contributed by atoms with Crippen LogP contribution >= 0.6 is 0 Å². The van der Waals surface area contributed by atoms with E-state index in [0.717, 1.165) is 31.5 Å². The Bertz CT molecular complexity index is 563. The van der Waals surface area contributed by atoms with Crippen LogP contribution in [0.25, 0.3) is 0 Å². The van der Waals surface area contributed by atoms with Crippen LogP contribution in [-0.2, 0) is 4.79 Å². The predicted octanol–water partition coefficient (Wildman–Crippen LogP) is 2.47. The Morgan fingerprint density at radius 2 is 2.19 bits per heavy atom. The van der Waals surface area contributed by atoms with Gasteiger partial charge in [0.15, 0.2) is 0 Å². The molecule has 0 atom stereocenters. The van der Waals surface area contributed by atoms with Crippen LogP contribution in [0.15, 0.2) is 30.1 Å². The standard InChI is InChI=1S/C16H20N4O/c1-12-5-7-20(8-6-12)16(21)14(9-17)11-19-15-4-3-13(2)10-18-15/h3-4,10-12H,5-8H2,1-2H3,(H,18,19)/b14-11-. The molecule has 5 heteroatoms. The molecular formula is C16H20N4O. The summed E-state index contributed by atoms with van der Waals surface area (Å²) in [6.07, 6.45) is 5.17. The first-order valence-electron chi connectivity index (χ1n) is 7.19. The molecule has 110 valence electrons. The molecular weight excluding hydrogens is 264 g/mol. The van der Waals surface area contributed by atoms with Crippen molar-refractivity contribution in [2.45, 2.75) is 26.7 Å². The Kier molecular flexibility index (Phi) is 4.94. The molecule has 0 radical (unpaired) electrons. The van der Waals surface area contributed by atoms with Crippen LogP contribution < -0.4 is 5.32 Å². The smallest absolute Gasteiger partial charge is 0.266 e. The zero-order valence-corrected chi connectivity index (χ0v) is 12.5. The van der Waals surface area contributed by atoms with E-state index in [1.807, 2.05) is 25.1 Å². The Hall–Kier alpha value is -2.35. The van der Waals surface area contributed by atoms with E-state index in [1.54, 1.807) is 11.1 Å². The second kappa shape index (κ2) is 6.89. The van der Waals surface area contributed by atoms with Crippen LogP contribution in [-0.4, -0.2) is 28.9 Å². The summed E-state index contributed by atoms with van der Waals surface area (Å²) in [5.74, 6) is 1.07. The minimum atomic E-state index is -0.205. The number of aromatic nitrogens is 1. The van der Waals surface area contributed by atoms with Gasteiger partial charge in [0, 0.05) is 25.5 Å². The van der Waals surface area contributed by atoms with Crippen molar-refractivity contribution in [2.24, 2.45) is 5.92 Å². The number of piperidine rings is 1. The number of rotatable bonds is 3. The van der Waals surface area contributed by atoms with Crippen LogP contribution in [0, 0.1) is 24.2 Å². The maximum Gasteiger partial charge on any atom is 0.266 e. The largest absolute Gasteiger partial charge is 0.345 e. The van der Waals surface area contributed by atoms with E-state index in [2.05, 4.69) is 17.2 Å². The zero-order valence-electron chi connectivity index (χ0n) is 12.5. The van der Waals surface area contributed by atoms with Crippen molar-refractivity contribution in [1.29, 1.82) is 5.26 Å². The summed E-state index contributed by atoms with van der Waals surface area (Å²) in [6.45, 7) is 5.59. The fourth-order valence-corrected chi connectivity index (χ4v) is 2.22. The first-order valence-corrected chi connectivity index (χ1v) is 7.19. The molecule has 0 spiro atoms. The number of carbonyl (C=O) groups excluding carboxylic acids is 1. The number of hydrogen-bond donors (Lipinski definition) is 1. The third kappa shape index (κ3) is 4.06. The molecule has 21 heavy (non-hydrogen) atoms. The normalized spacial score (nSPS) is 16.4. The molecule has 1 saturated heterocycles. The molecule has 1 aromatic heterocycles. The second-order valence-corrected chi connectivity index (χ2v) is 5.51. The number of likely N-dealkylation sites (tertiary alicyclic amines) is 1. The van der Waals surface area contributed by atoms with Crippen LogP contribution in [0.1, 0.15) is 25.3 Å². The topological polar surface area (TPSA) is 69.0 Å². The van der Waals surface area contributed by atoms with Gasteiger partial charge in [0.05, 0.1) is 0 Å².